The zero-order valence-corrected chi connectivity index (χ0v) is 17.9. The Morgan fingerprint density at radius 3 is 2.55 bits per heavy atom. The number of carbonyl (C=O) groups excluding carboxylic acids is 2. The Labute approximate surface area is 185 Å². The first-order chi connectivity index (χ1) is 15.1. The zero-order valence-electron chi connectivity index (χ0n) is 17.1. The molecule has 2 N–H and O–H groups in total. The Bertz CT molecular complexity index is 1090. The summed E-state index contributed by atoms with van der Waals surface area (Å²) in [6, 6.07) is 17.4. The molecular weight excluding hydrogens is 410 g/mol. The van der Waals surface area contributed by atoms with Gasteiger partial charge >= 0.3 is 0 Å². The van der Waals surface area contributed by atoms with Gasteiger partial charge < -0.3 is 15.2 Å². The SMILES string of the molecule is Cn1c(SCC(=O)NC2CC2)nnc1-c1ccc(NC(=O)C=Cc2ccccc2)cc1. The van der Waals surface area contributed by atoms with Crippen molar-refractivity contribution in [1.29, 1.82) is 0 Å². The summed E-state index contributed by atoms with van der Waals surface area (Å²) >= 11 is 1.37. The Balaban J connectivity index is 1.34. The van der Waals surface area contributed by atoms with Crippen molar-refractivity contribution in [1.82, 2.24) is 20.1 Å². The first-order valence-electron chi connectivity index (χ1n) is 10.0. The summed E-state index contributed by atoms with van der Waals surface area (Å²) in [5.41, 5.74) is 2.54. The van der Waals surface area contributed by atoms with Crippen LogP contribution in [0.3, 0.4) is 0 Å². The summed E-state index contributed by atoms with van der Waals surface area (Å²) in [5, 5.41) is 14.9. The maximum atomic E-state index is 12.1. The summed E-state index contributed by atoms with van der Waals surface area (Å²) < 4.78 is 1.87. The summed E-state index contributed by atoms with van der Waals surface area (Å²) in [6.07, 6.45) is 5.43. The second kappa shape index (κ2) is 9.61. The third-order valence-electron chi connectivity index (χ3n) is 4.75. The number of aromatic nitrogens is 3. The number of hydrogen-bond donors (Lipinski definition) is 2. The highest BCUT2D eigenvalue weighted by Gasteiger charge is 2.23. The lowest BCUT2D eigenvalue weighted by Gasteiger charge is -2.06. The molecule has 0 bridgehead atoms. The highest BCUT2D eigenvalue weighted by Crippen LogP contribution is 2.24. The molecule has 1 aliphatic rings. The minimum atomic E-state index is -0.196. The highest BCUT2D eigenvalue weighted by molar-refractivity contribution is 7.99. The van der Waals surface area contributed by atoms with Crippen LogP contribution in [0.2, 0.25) is 0 Å². The molecule has 7 nitrogen and oxygen atoms in total. The molecule has 0 radical (unpaired) electrons. The van der Waals surface area contributed by atoms with Crippen LogP contribution in [0.1, 0.15) is 18.4 Å². The predicted octanol–water partition coefficient (Wildman–Crippen LogP) is 3.50. The van der Waals surface area contributed by atoms with E-state index in [-0.39, 0.29) is 11.8 Å². The van der Waals surface area contributed by atoms with Crippen molar-refractivity contribution in [3.63, 3.8) is 0 Å². The maximum Gasteiger partial charge on any atom is 0.248 e. The topological polar surface area (TPSA) is 88.9 Å². The second-order valence-electron chi connectivity index (χ2n) is 7.31. The summed E-state index contributed by atoms with van der Waals surface area (Å²) in [4.78, 5) is 24.0. The fourth-order valence-electron chi connectivity index (χ4n) is 2.94. The van der Waals surface area contributed by atoms with Crippen LogP contribution in [0.4, 0.5) is 5.69 Å². The molecule has 1 aromatic heterocycles. The van der Waals surface area contributed by atoms with E-state index in [1.54, 1.807) is 6.08 Å². The number of rotatable bonds is 8. The van der Waals surface area contributed by atoms with Crippen molar-refractivity contribution in [3.05, 3.63) is 66.2 Å². The van der Waals surface area contributed by atoms with Crippen molar-refractivity contribution in [2.24, 2.45) is 7.05 Å². The van der Waals surface area contributed by atoms with Gasteiger partial charge in [0.05, 0.1) is 5.75 Å². The molecule has 1 aliphatic carbocycles. The molecule has 0 unspecified atom stereocenters. The van der Waals surface area contributed by atoms with E-state index in [4.69, 9.17) is 0 Å². The lowest BCUT2D eigenvalue weighted by Crippen LogP contribution is -2.27. The fourth-order valence-corrected chi connectivity index (χ4v) is 3.66. The van der Waals surface area contributed by atoms with Crippen molar-refractivity contribution >= 4 is 35.3 Å². The van der Waals surface area contributed by atoms with Gasteiger partial charge in [0, 0.05) is 30.4 Å². The Kier molecular flexibility index (Phi) is 6.47. The lowest BCUT2D eigenvalue weighted by atomic mass is 10.2. The molecule has 158 valence electrons. The van der Waals surface area contributed by atoms with Crippen molar-refractivity contribution in [2.45, 2.75) is 24.0 Å². The molecule has 0 saturated heterocycles. The average molecular weight is 434 g/mol. The molecule has 31 heavy (non-hydrogen) atoms. The Morgan fingerprint density at radius 1 is 1.10 bits per heavy atom. The van der Waals surface area contributed by atoms with Crippen molar-refractivity contribution < 1.29 is 9.59 Å². The monoisotopic (exact) mass is 433 g/mol. The Hall–Kier alpha value is -3.39. The van der Waals surface area contributed by atoms with Gasteiger partial charge in [0.25, 0.3) is 0 Å². The minimum absolute atomic E-state index is 0.0264. The van der Waals surface area contributed by atoms with Crippen LogP contribution in [-0.2, 0) is 16.6 Å². The standard InChI is InChI=1S/C23H23N5O2S/c1-28-22(26-27-23(28)31-15-21(30)25-19-12-13-19)17-8-10-18(11-9-17)24-20(29)14-7-16-5-3-2-4-6-16/h2-11,14,19H,12-13,15H2,1H3,(H,24,29)(H,25,30). The van der Waals surface area contributed by atoms with Crippen LogP contribution in [-0.4, -0.2) is 38.4 Å². The zero-order chi connectivity index (χ0) is 21.6. The van der Waals surface area contributed by atoms with Gasteiger partial charge in [0.2, 0.25) is 11.8 Å². The van der Waals surface area contributed by atoms with E-state index < -0.39 is 0 Å². The molecular formula is C23H23N5O2S. The van der Waals surface area contributed by atoms with Gasteiger partial charge in [0.15, 0.2) is 11.0 Å². The molecule has 3 aromatic rings. The molecule has 1 heterocycles. The number of amides is 2. The molecule has 0 aliphatic heterocycles. The van der Waals surface area contributed by atoms with Crippen LogP contribution < -0.4 is 10.6 Å². The van der Waals surface area contributed by atoms with Gasteiger partial charge in [-0.05, 0) is 48.7 Å². The molecule has 8 heteroatoms. The van der Waals surface area contributed by atoms with Crippen LogP contribution in [0.5, 0.6) is 0 Å². The number of anilines is 1. The maximum absolute atomic E-state index is 12.1. The third kappa shape index (κ3) is 5.82. The summed E-state index contributed by atoms with van der Waals surface area (Å²) in [5.74, 6) is 0.855. The van der Waals surface area contributed by atoms with Gasteiger partial charge in [-0.1, -0.05) is 42.1 Å². The lowest BCUT2D eigenvalue weighted by molar-refractivity contribution is -0.118. The van der Waals surface area contributed by atoms with E-state index in [0.29, 0.717) is 28.5 Å². The first kappa shape index (κ1) is 20.9. The van der Waals surface area contributed by atoms with Gasteiger partial charge in [-0.15, -0.1) is 10.2 Å². The number of nitrogens with zero attached hydrogens (tertiary/aromatic N) is 3. The molecule has 0 atom stereocenters. The largest absolute Gasteiger partial charge is 0.353 e. The smallest absolute Gasteiger partial charge is 0.248 e. The first-order valence-corrected chi connectivity index (χ1v) is 11.0. The van der Waals surface area contributed by atoms with E-state index in [1.807, 2.05) is 66.2 Å². The summed E-state index contributed by atoms with van der Waals surface area (Å²) in [6.45, 7) is 0. The molecule has 1 saturated carbocycles. The Morgan fingerprint density at radius 2 is 1.84 bits per heavy atom. The molecule has 2 aromatic carbocycles. The van der Waals surface area contributed by atoms with E-state index in [1.165, 1.54) is 17.8 Å². The number of nitrogens with one attached hydrogen (secondary N) is 2. The summed E-state index contributed by atoms with van der Waals surface area (Å²) in [7, 11) is 1.88. The quantitative estimate of drug-likeness (QED) is 0.419. The van der Waals surface area contributed by atoms with Gasteiger partial charge in [-0.2, -0.15) is 0 Å². The number of hydrogen-bond acceptors (Lipinski definition) is 5. The van der Waals surface area contributed by atoms with Gasteiger partial charge in [-0.3, -0.25) is 9.59 Å². The van der Waals surface area contributed by atoms with Gasteiger partial charge in [-0.25, -0.2) is 0 Å². The fraction of sp³-hybridized carbons (Fsp3) is 0.217. The predicted molar refractivity (Wildman–Crippen MR) is 122 cm³/mol. The van der Waals surface area contributed by atoms with Gasteiger partial charge in [0.1, 0.15) is 0 Å². The molecule has 0 spiro atoms. The van der Waals surface area contributed by atoms with E-state index in [0.717, 1.165) is 24.0 Å². The minimum Gasteiger partial charge on any atom is -0.353 e. The highest BCUT2D eigenvalue weighted by atomic mass is 32.2. The van der Waals surface area contributed by atoms with E-state index in [2.05, 4.69) is 20.8 Å². The molecule has 2 amide bonds. The van der Waals surface area contributed by atoms with Crippen LogP contribution >= 0.6 is 11.8 Å². The molecule has 4 rings (SSSR count). The number of carbonyl (C=O) groups is 2. The number of benzene rings is 2. The van der Waals surface area contributed by atoms with E-state index >= 15 is 0 Å². The number of thioether (sulfide) groups is 1. The van der Waals surface area contributed by atoms with Crippen LogP contribution in [0.25, 0.3) is 17.5 Å². The normalized spacial score (nSPS) is 13.3. The van der Waals surface area contributed by atoms with Crippen LogP contribution in [0.15, 0.2) is 65.8 Å². The van der Waals surface area contributed by atoms with Crippen molar-refractivity contribution in [2.75, 3.05) is 11.1 Å². The van der Waals surface area contributed by atoms with E-state index in [9.17, 15) is 9.59 Å². The second-order valence-corrected chi connectivity index (χ2v) is 8.25. The third-order valence-corrected chi connectivity index (χ3v) is 5.77. The van der Waals surface area contributed by atoms with Crippen LogP contribution in [0, 0.1) is 0 Å². The molecule has 1 fully saturated rings. The average Bonchev–Trinajstić information content (AvgIpc) is 3.52. The van der Waals surface area contributed by atoms with Crippen molar-refractivity contribution in [3.8, 4) is 11.4 Å².